The first kappa shape index (κ1) is 15.0. The third-order valence-electron chi connectivity index (χ3n) is 4.66. The molecule has 2 atom stereocenters. The molecule has 2 N–H and O–H groups in total. The topological polar surface area (TPSA) is 52.3 Å². The smallest absolute Gasteiger partial charge is 0.125 e. The molecule has 2 fully saturated rings. The van der Waals surface area contributed by atoms with Crippen molar-refractivity contribution in [2.75, 3.05) is 11.5 Å². The highest BCUT2D eigenvalue weighted by molar-refractivity contribution is 7.85. The van der Waals surface area contributed by atoms with Crippen molar-refractivity contribution >= 4 is 16.5 Å². The summed E-state index contributed by atoms with van der Waals surface area (Å²) >= 11 is 0. The first-order valence-corrected chi connectivity index (χ1v) is 9.01. The predicted octanol–water partition coefficient (Wildman–Crippen LogP) is 3.40. The molecule has 1 aliphatic heterocycles. The lowest BCUT2D eigenvalue weighted by atomic mass is 9.83. The zero-order valence-corrected chi connectivity index (χ0v) is 13.0. The fraction of sp³-hybridized carbons (Fsp3) is 0.625. The summed E-state index contributed by atoms with van der Waals surface area (Å²) in [5.41, 5.74) is 6.06. The normalized spacial score (nSPS) is 26.0. The summed E-state index contributed by atoms with van der Waals surface area (Å²) in [6.45, 7) is 0. The van der Waals surface area contributed by atoms with E-state index >= 15 is 0 Å². The average Bonchev–Trinajstić information content (AvgIpc) is 2.82. The van der Waals surface area contributed by atoms with Gasteiger partial charge in [-0.3, -0.25) is 4.21 Å². The summed E-state index contributed by atoms with van der Waals surface area (Å²) in [6, 6.07) is 4.05. The molecule has 21 heavy (non-hydrogen) atoms. The highest BCUT2D eigenvalue weighted by Gasteiger charge is 2.41. The Kier molecular flexibility index (Phi) is 4.31. The third-order valence-corrected chi connectivity index (χ3v) is 6.19. The monoisotopic (exact) mass is 311 g/mol. The molecule has 1 aromatic carbocycles. The highest BCUT2D eigenvalue weighted by Crippen LogP contribution is 2.42. The van der Waals surface area contributed by atoms with E-state index in [9.17, 15) is 8.60 Å². The first-order chi connectivity index (χ1) is 10.1. The van der Waals surface area contributed by atoms with Gasteiger partial charge in [0, 0.05) is 0 Å². The minimum absolute atomic E-state index is 0.0355. The fourth-order valence-electron chi connectivity index (χ4n) is 3.56. The van der Waals surface area contributed by atoms with E-state index in [2.05, 4.69) is 0 Å². The average molecular weight is 311 g/mol. The number of nitrogens with two attached hydrogens (primary N) is 1. The largest absolute Gasteiger partial charge is 0.398 e. The Hall–Kier alpha value is -0.940. The number of nitrogen functional groups attached to an aromatic ring is 1. The number of ether oxygens (including phenoxy) is 1. The van der Waals surface area contributed by atoms with Crippen LogP contribution in [0, 0.1) is 5.82 Å². The first-order valence-electron chi connectivity index (χ1n) is 7.69. The van der Waals surface area contributed by atoms with Crippen molar-refractivity contribution in [2.45, 2.75) is 61.5 Å². The Morgan fingerprint density at radius 2 is 2.05 bits per heavy atom. The number of benzene rings is 1. The van der Waals surface area contributed by atoms with Crippen LogP contribution in [-0.4, -0.2) is 21.7 Å². The summed E-state index contributed by atoms with van der Waals surface area (Å²) in [7, 11) is -1.23. The summed E-state index contributed by atoms with van der Waals surface area (Å²) in [4.78, 5) is 0.518. The van der Waals surface area contributed by atoms with E-state index < -0.39 is 16.6 Å². The molecular formula is C16H22FNO2S. The zero-order chi connectivity index (χ0) is 14.9. The SMILES string of the molecule is Nc1cc(F)ccc1S(=O)CC1CCC2(CCCCC2)O1. The number of hydrogen-bond acceptors (Lipinski definition) is 3. The van der Waals surface area contributed by atoms with Crippen LogP contribution in [0.15, 0.2) is 23.1 Å². The van der Waals surface area contributed by atoms with E-state index in [0.717, 1.165) is 25.7 Å². The molecule has 2 unspecified atom stereocenters. The highest BCUT2D eigenvalue weighted by atomic mass is 32.2. The maximum atomic E-state index is 13.1. The van der Waals surface area contributed by atoms with Crippen molar-refractivity contribution < 1.29 is 13.3 Å². The second kappa shape index (κ2) is 6.05. The van der Waals surface area contributed by atoms with Crippen molar-refractivity contribution in [3.8, 4) is 0 Å². The number of rotatable bonds is 3. The Morgan fingerprint density at radius 3 is 2.76 bits per heavy atom. The summed E-state index contributed by atoms with van der Waals surface area (Å²) in [5.74, 6) is 0.0592. The maximum absolute atomic E-state index is 13.1. The van der Waals surface area contributed by atoms with Crippen molar-refractivity contribution in [2.24, 2.45) is 0 Å². The number of anilines is 1. The van der Waals surface area contributed by atoms with Crippen LogP contribution in [0.1, 0.15) is 44.9 Å². The Morgan fingerprint density at radius 1 is 1.29 bits per heavy atom. The lowest BCUT2D eigenvalue weighted by Gasteiger charge is -2.33. The van der Waals surface area contributed by atoms with Crippen LogP contribution < -0.4 is 5.73 Å². The molecule has 5 heteroatoms. The zero-order valence-electron chi connectivity index (χ0n) is 12.1. The van der Waals surface area contributed by atoms with Gasteiger partial charge in [0.1, 0.15) is 5.82 Å². The molecule has 3 rings (SSSR count). The van der Waals surface area contributed by atoms with Crippen molar-refractivity contribution in [3.63, 3.8) is 0 Å². The van der Waals surface area contributed by atoms with Crippen LogP contribution in [0.3, 0.4) is 0 Å². The van der Waals surface area contributed by atoms with Crippen LogP contribution in [0.5, 0.6) is 0 Å². The van der Waals surface area contributed by atoms with E-state index in [1.807, 2.05) is 0 Å². The molecule has 116 valence electrons. The molecule has 0 radical (unpaired) electrons. The van der Waals surface area contributed by atoms with Gasteiger partial charge in [-0.25, -0.2) is 4.39 Å². The molecule has 2 aliphatic rings. The molecule has 3 nitrogen and oxygen atoms in total. The maximum Gasteiger partial charge on any atom is 0.125 e. The molecule has 0 aromatic heterocycles. The van der Waals surface area contributed by atoms with Crippen LogP contribution in [-0.2, 0) is 15.5 Å². The number of hydrogen-bond donors (Lipinski definition) is 1. The molecule has 1 spiro atoms. The molecule has 1 saturated carbocycles. The van der Waals surface area contributed by atoms with Crippen LogP contribution >= 0.6 is 0 Å². The molecule has 0 bridgehead atoms. The minimum Gasteiger partial charge on any atom is -0.398 e. The molecular weight excluding hydrogens is 289 g/mol. The molecule has 1 aromatic rings. The Labute approximate surface area is 127 Å². The van der Waals surface area contributed by atoms with Crippen LogP contribution in [0.25, 0.3) is 0 Å². The van der Waals surface area contributed by atoms with Gasteiger partial charge >= 0.3 is 0 Å². The standard InChI is InChI=1S/C16H22FNO2S/c17-12-4-5-15(14(18)10-12)21(19)11-13-6-9-16(20-13)7-2-1-3-8-16/h4-5,10,13H,1-3,6-9,11,18H2. The predicted molar refractivity (Wildman–Crippen MR) is 82.0 cm³/mol. The van der Waals surface area contributed by atoms with Gasteiger partial charge in [-0.1, -0.05) is 19.3 Å². The van der Waals surface area contributed by atoms with Crippen LogP contribution in [0.2, 0.25) is 0 Å². The molecule has 1 aliphatic carbocycles. The van der Waals surface area contributed by atoms with E-state index in [-0.39, 0.29) is 17.4 Å². The van der Waals surface area contributed by atoms with Gasteiger partial charge in [0.05, 0.1) is 38.8 Å². The molecule has 1 saturated heterocycles. The second-order valence-electron chi connectivity index (χ2n) is 6.22. The number of halogens is 1. The summed E-state index contributed by atoms with van der Waals surface area (Å²) < 4.78 is 31.7. The quantitative estimate of drug-likeness (QED) is 0.871. The van der Waals surface area contributed by atoms with Crippen molar-refractivity contribution in [1.82, 2.24) is 0 Å². The van der Waals surface area contributed by atoms with Gasteiger partial charge in [-0.05, 0) is 43.9 Å². The van der Waals surface area contributed by atoms with Gasteiger partial charge in [0.15, 0.2) is 0 Å². The fourth-order valence-corrected chi connectivity index (χ4v) is 4.86. The van der Waals surface area contributed by atoms with E-state index in [0.29, 0.717) is 10.6 Å². The third kappa shape index (κ3) is 3.29. The Bertz CT molecular complexity index is 543. The molecule has 0 amide bonds. The summed E-state index contributed by atoms with van der Waals surface area (Å²) in [5, 5.41) is 0. The van der Waals surface area contributed by atoms with Gasteiger partial charge in [-0.2, -0.15) is 0 Å². The van der Waals surface area contributed by atoms with E-state index in [4.69, 9.17) is 10.5 Å². The van der Waals surface area contributed by atoms with Gasteiger partial charge in [-0.15, -0.1) is 0 Å². The van der Waals surface area contributed by atoms with Gasteiger partial charge < -0.3 is 10.5 Å². The van der Waals surface area contributed by atoms with Crippen molar-refractivity contribution in [1.29, 1.82) is 0 Å². The summed E-state index contributed by atoms with van der Waals surface area (Å²) in [6.07, 6.45) is 8.12. The van der Waals surface area contributed by atoms with Crippen molar-refractivity contribution in [3.05, 3.63) is 24.0 Å². The lowest BCUT2D eigenvalue weighted by molar-refractivity contribution is -0.0557. The molecule has 1 heterocycles. The Balaban J connectivity index is 1.63. The minimum atomic E-state index is -1.23. The van der Waals surface area contributed by atoms with E-state index in [1.54, 1.807) is 0 Å². The van der Waals surface area contributed by atoms with Gasteiger partial charge in [0.2, 0.25) is 0 Å². The lowest BCUT2D eigenvalue weighted by Crippen LogP contribution is -2.32. The second-order valence-corrected chi connectivity index (χ2v) is 7.68. The van der Waals surface area contributed by atoms with Gasteiger partial charge in [0.25, 0.3) is 0 Å². The van der Waals surface area contributed by atoms with Crippen LogP contribution in [0.4, 0.5) is 10.1 Å². The van der Waals surface area contributed by atoms with E-state index in [1.165, 1.54) is 37.5 Å².